The standard InChI is InChI=1S/C9H14N2O/c1-3-4-5-9-8(2)6-11(10)7-12-9/h3-5H,2,6-7,10H2,1H3/b4-3-,9-5+. The predicted molar refractivity (Wildman–Crippen MR) is 48.9 cm³/mol. The smallest absolute Gasteiger partial charge is 0.154 e. The van der Waals surface area contributed by atoms with Crippen molar-refractivity contribution in [3.63, 3.8) is 0 Å². The molecular formula is C9H14N2O. The molecule has 1 aliphatic rings. The van der Waals surface area contributed by atoms with Crippen molar-refractivity contribution in [2.45, 2.75) is 6.92 Å². The van der Waals surface area contributed by atoms with Gasteiger partial charge < -0.3 is 4.74 Å². The minimum absolute atomic E-state index is 0.433. The van der Waals surface area contributed by atoms with Crippen molar-refractivity contribution in [2.75, 3.05) is 13.3 Å². The van der Waals surface area contributed by atoms with Crippen LogP contribution in [0.1, 0.15) is 6.92 Å². The zero-order valence-electron chi connectivity index (χ0n) is 7.29. The van der Waals surface area contributed by atoms with Crippen molar-refractivity contribution in [3.05, 3.63) is 36.1 Å². The Kier molecular flexibility index (Phi) is 3.08. The molecule has 3 heteroatoms. The summed E-state index contributed by atoms with van der Waals surface area (Å²) in [5, 5.41) is 1.58. The number of nitrogens with zero attached hydrogens (tertiary/aromatic N) is 1. The van der Waals surface area contributed by atoms with E-state index in [2.05, 4.69) is 6.58 Å². The van der Waals surface area contributed by atoms with Gasteiger partial charge in [-0.25, -0.2) is 5.01 Å². The summed E-state index contributed by atoms with van der Waals surface area (Å²) in [6.07, 6.45) is 5.76. The van der Waals surface area contributed by atoms with E-state index in [4.69, 9.17) is 10.6 Å². The van der Waals surface area contributed by atoms with Crippen LogP contribution in [-0.2, 0) is 4.74 Å². The van der Waals surface area contributed by atoms with Gasteiger partial charge in [-0.15, -0.1) is 0 Å². The fourth-order valence-corrected chi connectivity index (χ4v) is 0.973. The number of hydrogen-bond donors (Lipinski definition) is 1. The first-order valence-electron chi connectivity index (χ1n) is 3.87. The molecule has 0 aromatic heterocycles. The van der Waals surface area contributed by atoms with Gasteiger partial charge in [0.1, 0.15) is 5.76 Å². The van der Waals surface area contributed by atoms with Gasteiger partial charge in [0.05, 0.1) is 0 Å². The van der Waals surface area contributed by atoms with Crippen LogP contribution in [0.4, 0.5) is 0 Å². The lowest BCUT2D eigenvalue weighted by Gasteiger charge is -2.26. The Labute approximate surface area is 72.8 Å². The largest absolute Gasteiger partial charge is 0.477 e. The molecule has 0 aromatic rings. The van der Waals surface area contributed by atoms with Crippen LogP contribution in [0.15, 0.2) is 36.1 Å². The van der Waals surface area contributed by atoms with Crippen molar-refractivity contribution >= 4 is 0 Å². The third-order valence-electron chi connectivity index (χ3n) is 1.57. The maximum absolute atomic E-state index is 5.52. The second kappa shape index (κ2) is 4.09. The number of hydrazine groups is 1. The average Bonchev–Trinajstić information content (AvgIpc) is 2.03. The van der Waals surface area contributed by atoms with Gasteiger partial charge in [-0.1, -0.05) is 18.7 Å². The Hall–Kier alpha value is -1.06. The lowest BCUT2D eigenvalue weighted by Crippen LogP contribution is -2.38. The maximum atomic E-state index is 5.52. The van der Waals surface area contributed by atoms with E-state index in [1.807, 2.05) is 25.2 Å². The molecule has 0 aromatic carbocycles. The molecular weight excluding hydrogens is 152 g/mol. The summed E-state index contributed by atoms with van der Waals surface area (Å²) >= 11 is 0. The second-order valence-corrected chi connectivity index (χ2v) is 2.68. The van der Waals surface area contributed by atoms with Crippen LogP contribution in [0.2, 0.25) is 0 Å². The molecule has 1 saturated heterocycles. The Bertz CT molecular complexity index is 231. The summed E-state index contributed by atoms with van der Waals surface area (Å²) in [5.41, 5.74) is 0.918. The summed E-state index contributed by atoms with van der Waals surface area (Å²) in [6, 6.07) is 0. The highest BCUT2D eigenvalue weighted by Crippen LogP contribution is 2.15. The van der Waals surface area contributed by atoms with Gasteiger partial charge in [0, 0.05) is 12.1 Å². The minimum atomic E-state index is 0.433. The fourth-order valence-electron chi connectivity index (χ4n) is 0.973. The Morgan fingerprint density at radius 1 is 1.67 bits per heavy atom. The summed E-state index contributed by atoms with van der Waals surface area (Å²) in [7, 11) is 0. The normalized spacial score (nSPS) is 23.5. The van der Waals surface area contributed by atoms with Crippen LogP contribution >= 0.6 is 0 Å². The van der Waals surface area contributed by atoms with Crippen LogP contribution < -0.4 is 5.84 Å². The van der Waals surface area contributed by atoms with Gasteiger partial charge in [0.15, 0.2) is 6.73 Å². The van der Waals surface area contributed by atoms with E-state index in [0.29, 0.717) is 13.3 Å². The molecule has 2 N–H and O–H groups in total. The molecule has 66 valence electrons. The SMILES string of the molecule is C=C1CN(N)CO/C1=C/C=C\C. The van der Waals surface area contributed by atoms with Gasteiger partial charge in [-0.2, -0.15) is 0 Å². The van der Waals surface area contributed by atoms with Gasteiger partial charge in [0.2, 0.25) is 0 Å². The van der Waals surface area contributed by atoms with Crippen molar-refractivity contribution in [3.8, 4) is 0 Å². The third kappa shape index (κ3) is 2.22. The monoisotopic (exact) mass is 166 g/mol. The Balaban J connectivity index is 2.62. The third-order valence-corrected chi connectivity index (χ3v) is 1.57. The summed E-state index contributed by atoms with van der Waals surface area (Å²) in [4.78, 5) is 0. The molecule has 0 radical (unpaired) electrons. The molecule has 0 unspecified atom stereocenters. The van der Waals surface area contributed by atoms with E-state index < -0.39 is 0 Å². The Morgan fingerprint density at radius 2 is 2.42 bits per heavy atom. The molecule has 1 rings (SSSR count). The van der Waals surface area contributed by atoms with E-state index >= 15 is 0 Å². The highest BCUT2D eigenvalue weighted by Gasteiger charge is 2.13. The molecule has 0 amide bonds. The number of ether oxygens (including phenoxy) is 1. The first kappa shape index (κ1) is 9.03. The minimum Gasteiger partial charge on any atom is -0.477 e. The summed E-state index contributed by atoms with van der Waals surface area (Å²) in [6.45, 7) is 6.91. The summed E-state index contributed by atoms with van der Waals surface area (Å²) in [5.74, 6) is 6.35. The van der Waals surface area contributed by atoms with Crippen molar-refractivity contribution < 1.29 is 4.74 Å². The van der Waals surface area contributed by atoms with Crippen LogP contribution in [0, 0.1) is 0 Å². The van der Waals surface area contributed by atoms with E-state index in [0.717, 1.165) is 11.3 Å². The van der Waals surface area contributed by atoms with Crippen LogP contribution in [0.5, 0.6) is 0 Å². The van der Waals surface area contributed by atoms with Crippen LogP contribution in [0.3, 0.4) is 0 Å². The van der Waals surface area contributed by atoms with Crippen LogP contribution in [-0.4, -0.2) is 18.3 Å². The zero-order valence-corrected chi connectivity index (χ0v) is 7.29. The number of nitrogens with two attached hydrogens (primary N) is 1. The molecule has 1 fully saturated rings. The first-order valence-corrected chi connectivity index (χ1v) is 3.87. The van der Waals surface area contributed by atoms with Gasteiger partial charge in [-0.3, -0.25) is 5.84 Å². The number of hydrogen-bond acceptors (Lipinski definition) is 3. The predicted octanol–water partition coefficient (Wildman–Crippen LogP) is 1.17. The quantitative estimate of drug-likeness (QED) is 0.594. The van der Waals surface area contributed by atoms with Gasteiger partial charge >= 0.3 is 0 Å². The van der Waals surface area contributed by atoms with Crippen molar-refractivity contribution in [2.24, 2.45) is 5.84 Å². The Morgan fingerprint density at radius 3 is 3.00 bits per heavy atom. The molecule has 0 atom stereocenters. The average molecular weight is 166 g/mol. The summed E-state index contributed by atoms with van der Waals surface area (Å²) < 4.78 is 5.32. The molecule has 3 nitrogen and oxygen atoms in total. The highest BCUT2D eigenvalue weighted by atomic mass is 16.5. The molecule has 1 heterocycles. The van der Waals surface area contributed by atoms with Gasteiger partial charge in [0.25, 0.3) is 0 Å². The molecule has 0 aliphatic carbocycles. The lowest BCUT2D eigenvalue weighted by molar-refractivity contribution is 0.0574. The van der Waals surface area contributed by atoms with E-state index in [-0.39, 0.29) is 0 Å². The maximum Gasteiger partial charge on any atom is 0.154 e. The zero-order chi connectivity index (χ0) is 8.97. The van der Waals surface area contributed by atoms with Gasteiger partial charge in [-0.05, 0) is 13.0 Å². The van der Waals surface area contributed by atoms with E-state index in [9.17, 15) is 0 Å². The molecule has 0 spiro atoms. The number of allylic oxidation sites excluding steroid dienone is 3. The van der Waals surface area contributed by atoms with E-state index in [1.54, 1.807) is 5.01 Å². The van der Waals surface area contributed by atoms with Crippen LogP contribution in [0.25, 0.3) is 0 Å². The fraction of sp³-hybridized carbons (Fsp3) is 0.333. The molecule has 1 aliphatic heterocycles. The lowest BCUT2D eigenvalue weighted by atomic mass is 10.2. The molecule has 0 bridgehead atoms. The second-order valence-electron chi connectivity index (χ2n) is 2.68. The molecule has 0 saturated carbocycles. The van der Waals surface area contributed by atoms with Crippen molar-refractivity contribution in [1.82, 2.24) is 5.01 Å². The van der Waals surface area contributed by atoms with Crippen molar-refractivity contribution in [1.29, 1.82) is 0 Å². The highest BCUT2D eigenvalue weighted by molar-refractivity contribution is 5.28. The van der Waals surface area contributed by atoms with E-state index in [1.165, 1.54) is 0 Å². The first-order chi connectivity index (χ1) is 5.74. The number of rotatable bonds is 1. The molecule has 12 heavy (non-hydrogen) atoms. The topological polar surface area (TPSA) is 38.5 Å².